The summed E-state index contributed by atoms with van der Waals surface area (Å²) in [5, 5.41) is 7.32. The molecule has 1 N–H and O–H groups in total. The Kier molecular flexibility index (Phi) is 2.04. The number of anilines is 1. The smallest absolute Gasteiger partial charge is 0.148 e. The molecule has 0 aromatic carbocycles. The van der Waals surface area contributed by atoms with Crippen molar-refractivity contribution in [2.24, 2.45) is 7.05 Å². The fourth-order valence-corrected chi connectivity index (χ4v) is 1.10. The minimum atomic E-state index is 0.671. The van der Waals surface area contributed by atoms with Crippen LogP contribution >= 0.6 is 0 Å². The molecule has 0 radical (unpaired) electrons. The van der Waals surface area contributed by atoms with E-state index in [2.05, 4.69) is 10.4 Å². The Bertz CT molecular complexity index is 364. The second-order valence-corrected chi connectivity index (χ2v) is 2.81. The number of nitrogens with one attached hydrogen (secondary N) is 1. The SMILES string of the molecule is Cn1ccc(NCc2ccco2)n1. The van der Waals surface area contributed by atoms with Crippen LogP contribution in [0.25, 0.3) is 0 Å². The molecule has 2 aromatic heterocycles. The molecule has 4 nitrogen and oxygen atoms in total. The van der Waals surface area contributed by atoms with E-state index in [1.54, 1.807) is 10.9 Å². The third-order valence-corrected chi connectivity index (χ3v) is 1.74. The number of furan rings is 1. The van der Waals surface area contributed by atoms with Gasteiger partial charge in [-0.1, -0.05) is 0 Å². The van der Waals surface area contributed by atoms with Crippen LogP contribution in [0.5, 0.6) is 0 Å². The van der Waals surface area contributed by atoms with Gasteiger partial charge in [-0.25, -0.2) is 0 Å². The summed E-state index contributed by atoms with van der Waals surface area (Å²) in [7, 11) is 1.89. The van der Waals surface area contributed by atoms with E-state index in [9.17, 15) is 0 Å². The molecule has 0 aliphatic heterocycles. The van der Waals surface area contributed by atoms with Crippen molar-refractivity contribution < 1.29 is 4.42 Å². The highest BCUT2D eigenvalue weighted by Crippen LogP contribution is 2.05. The minimum absolute atomic E-state index is 0.671. The predicted molar refractivity (Wildman–Crippen MR) is 49.2 cm³/mol. The van der Waals surface area contributed by atoms with E-state index in [4.69, 9.17) is 4.42 Å². The molecule has 0 unspecified atom stereocenters. The van der Waals surface area contributed by atoms with Crippen LogP contribution in [-0.2, 0) is 13.6 Å². The summed E-state index contributed by atoms with van der Waals surface area (Å²) < 4.78 is 6.92. The largest absolute Gasteiger partial charge is 0.467 e. The molecule has 0 saturated carbocycles. The van der Waals surface area contributed by atoms with Gasteiger partial charge in [0.2, 0.25) is 0 Å². The molecule has 0 atom stereocenters. The molecule has 0 amide bonds. The predicted octanol–water partition coefficient (Wildman–Crippen LogP) is 1.63. The number of aromatic nitrogens is 2. The summed E-state index contributed by atoms with van der Waals surface area (Å²) in [6.07, 6.45) is 3.56. The quantitative estimate of drug-likeness (QED) is 0.774. The average molecular weight is 177 g/mol. The lowest BCUT2D eigenvalue weighted by Crippen LogP contribution is -1.99. The zero-order chi connectivity index (χ0) is 9.10. The van der Waals surface area contributed by atoms with E-state index in [-0.39, 0.29) is 0 Å². The van der Waals surface area contributed by atoms with E-state index in [1.165, 1.54) is 0 Å². The van der Waals surface area contributed by atoms with Crippen molar-refractivity contribution >= 4 is 5.82 Å². The fraction of sp³-hybridized carbons (Fsp3) is 0.222. The van der Waals surface area contributed by atoms with Crippen molar-refractivity contribution in [1.82, 2.24) is 9.78 Å². The highest BCUT2D eigenvalue weighted by atomic mass is 16.3. The van der Waals surface area contributed by atoms with E-state index < -0.39 is 0 Å². The third-order valence-electron chi connectivity index (χ3n) is 1.74. The Morgan fingerprint density at radius 1 is 1.54 bits per heavy atom. The molecule has 0 spiro atoms. The van der Waals surface area contributed by atoms with Crippen LogP contribution in [0.1, 0.15) is 5.76 Å². The van der Waals surface area contributed by atoms with Crippen LogP contribution in [0.2, 0.25) is 0 Å². The summed E-state index contributed by atoms with van der Waals surface area (Å²) >= 11 is 0. The van der Waals surface area contributed by atoms with Gasteiger partial charge in [-0.15, -0.1) is 0 Å². The maximum atomic E-state index is 5.16. The van der Waals surface area contributed by atoms with Gasteiger partial charge in [-0.05, 0) is 12.1 Å². The van der Waals surface area contributed by atoms with Crippen LogP contribution in [0.3, 0.4) is 0 Å². The number of aryl methyl sites for hydroxylation is 1. The van der Waals surface area contributed by atoms with Crippen LogP contribution in [0.15, 0.2) is 35.1 Å². The van der Waals surface area contributed by atoms with Gasteiger partial charge < -0.3 is 9.73 Å². The number of nitrogens with zero attached hydrogens (tertiary/aromatic N) is 2. The summed E-state index contributed by atoms with van der Waals surface area (Å²) in [4.78, 5) is 0. The Labute approximate surface area is 76.2 Å². The van der Waals surface area contributed by atoms with Crippen molar-refractivity contribution in [1.29, 1.82) is 0 Å². The molecule has 2 aromatic rings. The molecular formula is C9H11N3O. The lowest BCUT2D eigenvalue weighted by Gasteiger charge is -1.98. The average Bonchev–Trinajstić information content (AvgIpc) is 2.71. The second-order valence-electron chi connectivity index (χ2n) is 2.81. The highest BCUT2D eigenvalue weighted by molar-refractivity contribution is 5.32. The molecule has 0 bridgehead atoms. The van der Waals surface area contributed by atoms with E-state index in [1.807, 2.05) is 31.4 Å². The Balaban J connectivity index is 1.93. The zero-order valence-electron chi connectivity index (χ0n) is 7.40. The van der Waals surface area contributed by atoms with E-state index >= 15 is 0 Å². The van der Waals surface area contributed by atoms with Crippen LogP contribution in [-0.4, -0.2) is 9.78 Å². The van der Waals surface area contributed by atoms with Crippen molar-refractivity contribution in [2.45, 2.75) is 6.54 Å². The maximum Gasteiger partial charge on any atom is 0.148 e. The maximum absolute atomic E-state index is 5.16. The third kappa shape index (κ3) is 1.90. The molecule has 2 rings (SSSR count). The highest BCUT2D eigenvalue weighted by Gasteiger charge is 1.97. The van der Waals surface area contributed by atoms with Gasteiger partial charge in [0.1, 0.15) is 11.6 Å². The van der Waals surface area contributed by atoms with E-state index in [0.717, 1.165) is 11.6 Å². The fourth-order valence-electron chi connectivity index (χ4n) is 1.10. The van der Waals surface area contributed by atoms with Crippen LogP contribution < -0.4 is 5.32 Å². The summed E-state index contributed by atoms with van der Waals surface area (Å²) in [5.74, 6) is 1.77. The molecular weight excluding hydrogens is 166 g/mol. The molecule has 0 saturated heterocycles. The summed E-state index contributed by atoms with van der Waals surface area (Å²) in [6, 6.07) is 5.72. The molecule has 2 heterocycles. The molecule has 0 aliphatic carbocycles. The van der Waals surface area contributed by atoms with Crippen molar-refractivity contribution in [3.8, 4) is 0 Å². The summed E-state index contributed by atoms with van der Waals surface area (Å²) in [6.45, 7) is 0.671. The lowest BCUT2D eigenvalue weighted by atomic mass is 10.4. The van der Waals surface area contributed by atoms with Gasteiger partial charge >= 0.3 is 0 Å². The Morgan fingerprint density at radius 3 is 3.08 bits per heavy atom. The first-order valence-corrected chi connectivity index (χ1v) is 4.10. The first-order chi connectivity index (χ1) is 6.34. The summed E-state index contributed by atoms with van der Waals surface area (Å²) in [5.41, 5.74) is 0. The number of rotatable bonds is 3. The standard InChI is InChI=1S/C9H11N3O/c1-12-5-4-9(11-12)10-7-8-3-2-6-13-8/h2-6H,7H2,1H3,(H,10,11). The van der Waals surface area contributed by atoms with Crippen LogP contribution in [0, 0.1) is 0 Å². The Hall–Kier alpha value is -1.71. The first-order valence-electron chi connectivity index (χ1n) is 4.10. The van der Waals surface area contributed by atoms with Crippen LogP contribution in [0.4, 0.5) is 5.82 Å². The molecule has 4 heteroatoms. The molecule has 68 valence electrons. The molecule has 0 fully saturated rings. The van der Waals surface area contributed by atoms with Gasteiger partial charge in [0.05, 0.1) is 12.8 Å². The Morgan fingerprint density at radius 2 is 2.46 bits per heavy atom. The molecule has 0 aliphatic rings. The monoisotopic (exact) mass is 177 g/mol. The van der Waals surface area contributed by atoms with Gasteiger partial charge in [-0.3, -0.25) is 4.68 Å². The van der Waals surface area contributed by atoms with Crippen molar-refractivity contribution in [2.75, 3.05) is 5.32 Å². The zero-order valence-corrected chi connectivity index (χ0v) is 7.40. The molecule has 13 heavy (non-hydrogen) atoms. The van der Waals surface area contributed by atoms with Gasteiger partial charge in [0.25, 0.3) is 0 Å². The number of hydrogen-bond acceptors (Lipinski definition) is 3. The van der Waals surface area contributed by atoms with Crippen molar-refractivity contribution in [3.05, 3.63) is 36.4 Å². The van der Waals surface area contributed by atoms with Crippen molar-refractivity contribution in [3.63, 3.8) is 0 Å². The normalized spacial score (nSPS) is 10.2. The van der Waals surface area contributed by atoms with Gasteiger partial charge in [-0.2, -0.15) is 5.10 Å². The topological polar surface area (TPSA) is 43.0 Å². The second kappa shape index (κ2) is 3.35. The van der Waals surface area contributed by atoms with Gasteiger partial charge in [0.15, 0.2) is 0 Å². The van der Waals surface area contributed by atoms with Gasteiger partial charge in [0, 0.05) is 19.3 Å². The number of hydrogen-bond donors (Lipinski definition) is 1. The first kappa shape index (κ1) is 7.91. The van der Waals surface area contributed by atoms with E-state index in [0.29, 0.717) is 6.54 Å². The minimum Gasteiger partial charge on any atom is -0.467 e. The lowest BCUT2D eigenvalue weighted by molar-refractivity contribution is 0.517.